The van der Waals surface area contributed by atoms with Crippen molar-refractivity contribution in [1.29, 1.82) is 0 Å². The van der Waals surface area contributed by atoms with Crippen molar-refractivity contribution in [3.05, 3.63) is 89.0 Å². The van der Waals surface area contributed by atoms with Gasteiger partial charge in [0, 0.05) is 5.69 Å². The van der Waals surface area contributed by atoms with Crippen LogP contribution in [0.4, 0.5) is 5.69 Å². The topological polar surface area (TPSA) is 26.0 Å². The second-order valence-electron chi connectivity index (χ2n) is 6.39. The number of hydrogen-bond acceptors (Lipinski definition) is 1. The Kier molecular flexibility index (Phi) is 3.63. The summed E-state index contributed by atoms with van der Waals surface area (Å²) >= 11 is 0. The molecular weight excluding hydrogens is 278 g/mol. The number of nitrogens with two attached hydrogens (primary N) is 1. The van der Waals surface area contributed by atoms with Crippen LogP contribution < -0.4 is 5.73 Å². The zero-order valence-corrected chi connectivity index (χ0v) is 13.3. The minimum absolute atomic E-state index is 0.943. The van der Waals surface area contributed by atoms with Crippen molar-refractivity contribution in [3.63, 3.8) is 0 Å². The molecule has 0 saturated carbocycles. The molecule has 23 heavy (non-hydrogen) atoms. The lowest BCUT2D eigenvalue weighted by Gasteiger charge is -2.16. The second-order valence-corrected chi connectivity index (χ2v) is 6.39. The smallest absolute Gasteiger partial charge is 0.0349 e. The van der Waals surface area contributed by atoms with E-state index in [1.54, 1.807) is 0 Å². The molecule has 4 aliphatic rings. The number of rotatable bonds is 1. The number of anilines is 1. The second kappa shape index (κ2) is 5.92. The molecule has 4 aliphatic carbocycles. The van der Waals surface area contributed by atoms with Crippen molar-refractivity contribution in [2.75, 3.05) is 5.73 Å². The van der Waals surface area contributed by atoms with Gasteiger partial charge in [0.15, 0.2) is 0 Å². The molecule has 4 bridgehead atoms. The zero-order chi connectivity index (χ0) is 15.6. The zero-order valence-electron chi connectivity index (χ0n) is 13.3. The summed E-state index contributed by atoms with van der Waals surface area (Å²) in [4.78, 5) is 0. The standard InChI is InChI=1S/C22H21N/c23-22-15-17-7-6-16-8-10-19(12-13-20(22)11-9-17)21(14-16)18-4-2-1-3-5-18/h1-5,8-11,14-15H,6-7,12-13,23H2. The van der Waals surface area contributed by atoms with E-state index in [0.717, 1.165) is 31.4 Å². The first-order chi connectivity index (χ1) is 11.3. The summed E-state index contributed by atoms with van der Waals surface area (Å²) in [6.07, 6.45) is 4.11. The molecule has 0 atom stereocenters. The maximum absolute atomic E-state index is 6.25. The van der Waals surface area contributed by atoms with Crippen molar-refractivity contribution >= 4 is 5.69 Å². The molecule has 7 rings (SSSR count). The van der Waals surface area contributed by atoms with Crippen LogP contribution in [0.5, 0.6) is 0 Å². The first-order valence-corrected chi connectivity index (χ1v) is 8.34. The Morgan fingerprint density at radius 1 is 0.609 bits per heavy atom. The molecule has 0 heterocycles. The molecular formula is C22H21N. The van der Waals surface area contributed by atoms with E-state index in [1.165, 1.54) is 33.4 Å². The summed E-state index contributed by atoms with van der Waals surface area (Å²) in [5, 5.41) is 0. The number of aryl methyl sites for hydroxylation is 4. The Labute approximate surface area is 137 Å². The van der Waals surface area contributed by atoms with E-state index in [4.69, 9.17) is 5.73 Å². The average molecular weight is 299 g/mol. The first kappa shape index (κ1) is 14.1. The molecule has 2 N–H and O–H groups in total. The van der Waals surface area contributed by atoms with Crippen molar-refractivity contribution in [3.8, 4) is 11.1 Å². The number of hydrogen-bond donors (Lipinski definition) is 1. The lowest BCUT2D eigenvalue weighted by atomic mass is 9.90. The minimum Gasteiger partial charge on any atom is -0.398 e. The highest BCUT2D eigenvalue weighted by Crippen LogP contribution is 2.28. The first-order valence-electron chi connectivity index (χ1n) is 8.34. The van der Waals surface area contributed by atoms with Gasteiger partial charge in [-0.2, -0.15) is 0 Å². The fourth-order valence-corrected chi connectivity index (χ4v) is 3.47. The van der Waals surface area contributed by atoms with Gasteiger partial charge >= 0.3 is 0 Å². The van der Waals surface area contributed by atoms with Crippen molar-refractivity contribution in [1.82, 2.24) is 0 Å². The van der Waals surface area contributed by atoms with E-state index in [-0.39, 0.29) is 0 Å². The molecule has 1 heteroatoms. The van der Waals surface area contributed by atoms with Crippen molar-refractivity contribution in [2.45, 2.75) is 25.7 Å². The number of benzene rings is 3. The summed E-state index contributed by atoms with van der Waals surface area (Å²) in [7, 11) is 0. The van der Waals surface area contributed by atoms with Gasteiger partial charge in [-0.05, 0) is 65.1 Å². The van der Waals surface area contributed by atoms with Crippen LogP contribution in [0.15, 0.2) is 66.7 Å². The van der Waals surface area contributed by atoms with Crippen molar-refractivity contribution in [2.24, 2.45) is 0 Å². The number of nitrogen functional groups attached to an aromatic ring is 1. The van der Waals surface area contributed by atoms with Crippen molar-refractivity contribution < 1.29 is 0 Å². The van der Waals surface area contributed by atoms with E-state index in [9.17, 15) is 0 Å². The van der Waals surface area contributed by atoms with Crippen LogP contribution in [0.1, 0.15) is 22.3 Å². The lowest BCUT2D eigenvalue weighted by Crippen LogP contribution is -2.03. The van der Waals surface area contributed by atoms with Gasteiger partial charge in [-0.1, -0.05) is 60.7 Å². The third-order valence-electron chi connectivity index (χ3n) is 4.84. The molecule has 114 valence electrons. The summed E-state index contributed by atoms with van der Waals surface area (Å²) < 4.78 is 0. The SMILES string of the molecule is Nc1cc2ccc1CCc1ccc(cc1-c1ccccc1)CC2. The molecule has 3 aromatic carbocycles. The highest BCUT2D eigenvalue weighted by Gasteiger charge is 2.10. The molecule has 0 aliphatic heterocycles. The van der Waals surface area contributed by atoms with E-state index in [0.29, 0.717) is 0 Å². The highest BCUT2D eigenvalue weighted by molar-refractivity contribution is 5.68. The van der Waals surface area contributed by atoms with Crippen LogP contribution in [0.3, 0.4) is 0 Å². The van der Waals surface area contributed by atoms with Gasteiger partial charge in [-0.25, -0.2) is 0 Å². The van der Waals surface area contributed by atoms with Gasteiger partial charge in [-0.3, -0.25) is 0 Å². The lowest BCUT2D eigenvalue weighted by molar-refractivity contribution is 0.925. The Morgan fingerprint density at radius 3 is 2.00 bits per heavy atom. The minimum atomic E-state index is 0.943. The van der Waals surface area contributed by atoms with Crippen LogP contribution in [0.2, 0.25) is 0 Å². The Hall–Kier alpha value is -2.54. The summed E-state index contributed by atoms with van der Waals surface area (Å²) in [5.74, 6) is 0. The summed E-state index contributed by atoms with van der Waals surface area (Å²) in [6, 6.07) is 24.3. The van der Waals surface area contributed by atoms with E-state index >= 15 is 0 Å². The molecule has 0 radical (unpaired) electrons. The predicted molar refractivity (Wildman–Crippen MR) is 97.5 cm³/mol. The quantitative estimate of drug-likeness (QED) is 0.641. The van der Waals surface area contributed by atoms with E-state index in [2.05, 4.69) is 66.7 Å². The maximum atomic E-state index is 6.25. The fraction of sp³-hybridized carbons (Fsp3) is 0.182. The van der Waals surface area contributed by atoms with Gasteiger partial charge < -0.3 is 5.73 Å². The van der Waals surface area contributed by atoms with Crippen LogP contribution >= 0.6 is 0 Å². The monoisotopic (exact) mass is 299 g/mol. The molecule has 0 unspecified atom stereocenters. The molecule has 0 saturated heterocycles. The maximum Gasteiger partial charge on any atom is 0.0349 e. The molecule has 0 aromatic heterocycles. The highest BCUT2D eigenvalue weighted by atomic mass is 14.6. The van der Waals surface area contributed by atoms with Gasteiger partial charge in [0.05, 0.1) is 0 Å². The molecule has 0 fully saturated rings. The normalized spacial score (nSPS) is 13.6. The van der Waals surface area contributed by atoms with Gasteiger partial charge in [0.1, 0.15) is 0 Å². The molecule has 0 spiro atoms. The van der Waals surface area contributed by atoms with Crippen LogP contribution in [-0.2, 0) is 25.7 Å². The molecule has 1 nitrogen and oxygen atoms in total. The van der Waals surface area contributed by atoms with Crippen LogP contribution in [0, 0.1) is 0 Å². The van der Waals surface area contributed by atoms with Gasteiger partial charge in [0.25, 0.3) is 0 Å². The summed E-state index contributed by atoms with van der Waals surface area (Å²) in [6.45, 7) is 0. The fourth-order valence-electron chi connectivity index (χ4n) is 3.47. The van der Waals surface area contributed by atoms with Gasteiger partial charge in [-0.15, -0.1) is 0 Å². The molecule has 3 aromatic rings. The van der Waals surface area contributed by atoms with Crippen LogP contribution in [-0.4, -0.2) is 0 Å². The van der Waals surface area contributed by atoms with Gasteiger partial charge in [0.2, 0.25) is 0 Å². The third kappa shape index (κ3) is 2.87. The summed E-state index contributed by atoms with van der Waals surface area (Å²) in [5.41, 5.74) is 15.3. The largest absolute Gasteiger partial charge is 0.398 e. The predicted octanol–water partition coefficient (Wildman–Crippen LogP) is 4.82. The van der Waals surface area contributed by atoms with Crippen LogP contribution in [0.25, 0.3) is 11.1 Å². The molecule has 0 amide bonds. The third-order valence-corrected chi connectivity index (χ3v) is 4.84. The average Bonchev–Trinajstić information content (AvgIpc) is 2.58. The van der Waals surface area contributed by atoms with E-state index < -0.39 is 0 Å². The Morgan fingerprint density at radius 2 is 1.26 bits per heavy atom. The Balaban J connectivity index is 1.80. The Bertz CT molecular complexity index is 834. The van der Waals surface area contributed by atoms with E-state index in [1.807, 2.05) is 0 Å².